The number of carbonyl (C=O) groups excluding carboxylic acids is 1. The van der Waals surface area contributed by atoms with Crippen molar-refractivity contribution >= 4 is 25.4 Å². The van der Waals surface area contributed by atoms with Gasteiger partial charge in [0.15, 0.2) is 0 Å². The number of methoxy groups -OCH3 is 1. The number of carbonyl (C=O) groups is 1. The summed E-state index contributed by atoms with van der Waals surface area (Å²) < 4.78 is 6.41. The Labute approximate surface area is 138 Å². The molecule has 0 radical (unpaired) electrons. The first-order valence-corrected chi connectivity index (χ1v) is 9.88. The number of benzene rings is 1. The minimum absolute atomic E-state index is 0.161. The molecule has 2 saturated carbocycles. The van der Waals surface area contributed by atoms with Crippen LogP contribution in [-0.4, -0.2) is 39.2 Å². The van der Waals surface area contributed by atoms with Gasteiger partial charge in [-0.25, -0.2) is 0 Å². The Morgan fingerprint density at radius 3 is 2.68 bits per heavy atom. The Morgan fingerprint density at radius 2 is 2.00 bits per heavy atom. The fourth-order valence-electron chi connectivity index (χ4n) is 4.39. The quantitative estimate of drug-likeness (QED) is 0.658. The van der Waals surface area contributed by atoms with Gasteiger partial charge >= 0.3 is 138 Å². The molecule has 3 nitrogen and oxygen atoms in total. The summed E-state index contributed by atoms with van der Waals surface area (Å²) in [5.74, 6) is -0.295. The zero-order valence-electron chi connectivity index (χ0n) is 13.2. The van der Waals surface area contributed by atoms with E-state index in [1.54, 1.807) is 0 Å². The van der Waals surface area contributed by atoms with E-state index in [2.05, 4.69) is 37.3 Å². The van der Waals surface area contributed by atoms with Gasteiger partial charge in [-0.15, -0.1) is 0 Å². The molecule has 0 unspecified atom stereocenters. The summed E-state index contributed by atoms with van der Waals surface area (Å²) in [7, 11) is 1.43. The number of hydrogen-bond donors (Lipinski definition) is 1. The average Bonchev–Trinajstić information content (AvgIpc) is 2.85. The first-order chi connectivity index (χ1) is 10.6. The Kier molecular flexibility index (Phi) is 4.63. The Balaban J connectivity index is 1.82. The summed E-state index contributed by atoms with van der Waals surface area (Å²) >= 11 is 0.424. The maximum absolute atomic E-state index is 12.1. The second kappa shape index (κ2) is 6.35. The molecule has 4 heteroatoms. The van der Waals surface area contributed by atoms with Gasteiger partial charge in [-0.2, -0.15) is 0 Å². The summed E-state index contributed by atoms with van der Waals surface area (Å²) in [6.07, 6.45) is 3.40. The molecule has 1 aromatic carbocycles. The van der Waals surface area contributed by atoms with Gasteiger partial charge in [0.05, 0.1) is 0 Å². The van der Waals surface area contributed by atoms with E-state index in [1.807, 2.05) is 0 Å². The first-order valence-electron chi connectivity index (χ1n) is 8.04. The van der Waals surface area contributed by atoms with Crippen molar-refractivity contribution in [3.05, 3.63) is 30.3 Å². The van der Waals surface area contributed by atoms with Gasteiger partial charge in [0, 0.05) is 0 Å². The summed E-state index contributed by atoms with van der Waals surface area (Å²) in [5, 5.41) is 10.3. The Bertz CT molecular complexity index is 532. The molecule has 0 aliphatic heterocycles. The van der Waals surface area contributed by atoms with Gasteiger partial charge in [0.1, 0.15) is 0 Å². The van der Waals surface area contributed by atoms with E-state index in [0.717, 1.165) is 19.3 Å². The molecular formula is C18H24O3Se. The number of aliphatic hydroxyl groups excluding tert-OH is 1. The molecule has 120 valence electrons. The molecule has 2 aliphatic carbocycles. The van der Waals surface area contributed by atoms with Crippen molar-refractivity contribution in [1.82, 2.24) is 0 Å². The molecular weight excluding hydrogens is 343 g/mol. The van der Waals surface area contributed by atoms with Crippen molar-refractivity contribution in [2.24, 2.45) is 17.3 Å². The zero-order chi connectivity index (χ0) is 15.7. The number of hydrogen-bond acceptors (Lipinski definition) is 3. The number of fused-ring (bicyclic) bond motifs is 1. The van der Waals surface area contributed by atoms with Gasteiger partial charge < -0.3 is 0 Å². The Morgan fingerprint density at radius 1 is 1.27 bits per heavy atom. The van der Waals surface area contributed by atoms with Gasteiger partial charge in [0.2, 0.25) is 0 Å². The predicted octanol–water partition coefficient (Wildman–Crippen LogP) is 2.16. The molecule has 5 atom stereocenters. The molecule has 0 spiro atoms. The third-order valence-electron chi connectivity index (χ3n) is 5.64. The van der Waals surface area contributed by atoms with E-state index in [0.29, 0.717) is 26.2 Å². The van der Waals surface area contributed by atoms with Crippen LogP contribution in [0.5, 0.6) is 0 Å². The molecule has 0 bridgehead atoms. The second-order valence-corrected chi connectivity index (χ2v) is 9.44. The Hall–Kier alpha value is -0.831. The van der Waals surface area contributed by atoms with E-state index in [1.165, 1.54) is 11.6 Å². The minimum atomic E-state index is -0.534. The van der Waals surface area contributed by atoms with E-state index in [9.17, 15) is 9.90 Å². The summed E-state index contributed by atoms with van der Waals surface area (Å²) in [4.78, 5) is 12.8. The monoisotopic (exact) mass is 368 g/mol. The van der Waals surface area contributed by atoms with Crippen LogP contribution < -0.4 is 4.46 Å². The van der Waals surface area contributed by atoms with Crippen LogP contribution in [-0.2, 0) is 9.53 Å². The van der Waals surface area contributed by atoms with Crippen molar-refractivity contribution < 1.29 is 14.6 Å². The maximum atomic E-state index is 12.1. The van der Waals surface area contributed by atoms with Crippen molar-refractivity contribution in [2.75, 3.05) is 7.11 Å². The third-order valence-corrected chi connectivity index (χ3v) is 9.01. The van der Waals surface area contributed by atoms with Gasteiger partial charge in [-0.1, -0.05) is 0 Å². The van der Waals surface area contributed by atoms with Crippen molar-refractivity contribution in [1.29, 1.82) is 0 Å². The molecule has 3 rings (SSSR count). The molecule has 22 heavy (non-hydrogen) atoms. The predicted molar refractivity (Wildman–Crippen MR) is 87.2 cm³/mol. The van der Waals surface area contributed by atoms with Crippen LogP contribution in [0.4, 0.5) is 0 Å². The van der Waals surface area contributed by atoms with Crippen LogP contribution in [0.15, 0.2) is 30.3 Å². The summed E-state index contributed by atoms with van der Waals surface area (Å²) in [6, 6.07) is 10.7. The molecule has 1 N–H and O–H groups in total. The van der Waals surface area contributed by atoms with Crippen LogP contribution in [0.1, 0.15) is 32.6 Å². The normalized spacial score (nSPS) is 37.6. The second-order valence-electron chi connectivity index (χ2n) is 6.76. The molecule has 0 amide bonds. The number of rotatable bonds is 3. The van der Waals surface area contributed by atoms with Crippen molar-refractivity contribution in [3.63, 3.8) is 0 Å². The molecule has 0 aromatic heterocycles. The first kappa shape index (κ1) is 16.0. The fourth-order valence-corrected chi connectivity index (χ4v) is 7.45. The van der Waals surface area contributed by atoms with Crippen LogP contribution in [0.2, 0.25) is 4.82 Å². The van der Waals surface area contributed by atoms with Crippen LogP contribution >= 0.6 is 0 Å². The average molecular weight is 367 g/mol. The molecule has 2 aliphatic rings. The fraction of sp³-hybridized carbons (Fsp3) is 0.611. The number of ether oxygens (including phenoxy) is 1. The molecule has 2 fully saturated rings. The van der Waals surface area contributed by atoms with E-state index in [-0.39, 0.29) is 23.2 Å². The zero-order valence-corrected chi connectivity index (χ0v) is 14.9. The summed E-state index contributed by atoms with van der Waals surface area (Å²) in [5.41, 5.74) is 0.161. The van der Waals surface area contributed by atoms with Crippen LogP contribution in [0.3, 0.4) is 0 Å². The molecule has 0 saturated heterocycles. The summed E-state index contributed by atoms with van der Waals surface area (Å²) in [6.45, 7) is 2.34. The third kappa shape index (κ3) is 2.73. The van der Waals surface area contributed by atoms with E-state index < -0.39 is 6.10 Å². The standard InChI is InChI=1S/C18H24O3Se/c1-18-11-10-14(19)16(17(20)21-2)13(18)8-9-15(18)22-12-6-4-3-5-7-12/h3-7,13-16,19H,8-11H2,1-2H3/t13-,14+,15+,16-,18+/m0/s1. The van der Waals surface area contributed by atoms with Gasteiger partial charge in [-0.3, -0.25) is 0 Å². The molecule has 0 heterocycles. The molecule has 1 aromatic rings. The van der Waals surface area contributed by atoms with Crippen LogP contribution in [0.25, 0.3) is 0 Å². The van der Waals surface area contributed by atoms with Crippen molar-refractivity contribution in [3.8, 4) is 0 Å². The van der Waals surface area contributed by atoms with Crippen molar-refractivity contribution in [2.45, 2.75) is 43.5 Å². The van der Waals surface area contributed by atoms with Gasteiger partial charge in [-0.05, 0) is 0 Å². The van der Waals surface area contributed by atoms with Crippen LogP contribution in [0, 0.1) is 17.3 Å². The van der Waals surface area contributed by atoms with Gasteiger partial charge in [0.25, 0.3) is 0 Å². The number of esters is 1. The van der Waals surface area contributed by atoms with E-state index >= 15 is 0 Å². The van der Waals surface area contributed by atoms with E-state index in [4.69, 9.17) is 4.74 Å². The SMILES string of the molecule is COC(=O)[C@@H]1[C@H](O)CC[C@@]2(C)[C@H]([Se]c3ccccc3)CC[C@@H]12. The number of aliphatic hydroxyl groups is 1. The topological polar surface area (TPSA) is 46.5 Å².